The van der Waals surface area contributed by atoms with Crippen LogP contribution in [0.2, 0.25) is 0 Å². The molecule has 0 atom stereocenters. The van der Waals surface area contributed by atoms with E-state index < -0.39 is 5.97 Å². The van der Waals surface area contributed by atoms with E-state index >= 15 is 0 Å². The summed E-state index contributed by atoms with van der Waals surface area (Å²) in [6.07, 6.45) is 5.31. The molecule has 3 nitrogen and oxygen atoms in total. The lowest BCUT2D eigenvalue weighted by molar-refractivity contribution is 0.0597. The zero-order valence-corrected chi connectivity index (χ0v) is 12.3. The van der Waals surface area contributed by atoms with E-state index in [2.05, 4.69) is 17.8 Å². The molecule has 0 spiro atoms. The fraction of sp³-hybridized carbons (Fsp3) is 0.105. The van der Waals surface area contributed by atoms with Gasteiger partial charge in [0.05, 0.1) is 14.2 Å². The Morgan fingerprint density at radius 3 is 2.14 bits per heavy atom. The van der Waals surface area contributed by atoms with E-state index in [4.69, 9.17) is 15.9 Å². The minimum Gasteiger partial charge on any atom is -0.496 e. The number of hydrogen-bond donors (Lipinski definition) is 0. The van der Waals surface area contributed by atoms with Crippen molar-refractivity contribution in [3.63, 3.8) is 0 Å². The summed E-state index contributed by atoms with van der Waals surface area (Å²) in [5.74, 6) is 8.60. The van der Waals surface area contributed by atoms with E-state index in [-0.39, 0.29) is 0 Å². The predicted molar refractivity (Wildman–Crippen MR) is 84.7 cm³/mol. The highest BCUT2D eigenvalue weighted by atomic mass is 16.5. The van der Waals surface area contributed by atoms with Gasteiger partial charge in [-0.25, -0.2) is 4.79 Å². The van der Waals surface area contributed by atoms with Crippen LogP contribution in [0.5, 0.6) is 5.75 Å². The maximum atomic E-state index is 11.6. The SMILES string of the molecule is C#Cc1ccc(C#Cc2ccc(C(=O)OC)c(OC)c2)cc1. The molecule has 0 saturated carbocycles. The molecule has 0 fully saturated rings. The van der Waals surface area contributed by atoms with Gasteiger partial charge in [0.15, 0.2) is 0 Å². The molecule has 3 heteroatoms. The fourth-order valence-electron chi connectivity index (χ4n) is 1.84. The largest absolute Gasteiger partial charge is 0.496 e. The van der Waals surface area contributed by atoms with Gasteiger partial charge in [-0.1, -0.05) is 17.8 Å². The Hall–Kier alpha value is -3.17. The third-order valence-electron chi connectivity index (χ3n) is 3.01. The molecular weight excluding hydrogens is 276 g/mol. The minimum atomic E-state index is -0.443. The molecule has 0 aliphatic carbocycles. The Morgan fingerprint density at radius 2 is 1.55 bits per heavy atom. The van der Waals surface area contributed by atoms with E-state index in [0.717, 1.165) is 16.7 Å². The van der Waals surface area contributed by atoms with Crippen molar-refractivity contribution in [3.05, 3.63) is 64.7 Å². The molecule has 108 valence electrons. The second-order valence-corrected chi connectivity index (χ2v) is 4.38. The molecule has 2 aromatic carbocycles. The number of terminal acetylenes is 1. The summed E-state index contributed by atoms with van der Waals surface area (Å²) < 4.78 is 9.90. The summed E-state index contributed by atoms with van der Waals surface area (Å²) in [5.41, 5.74) is 2.78. The first kappa shape index (κ1) is 15.2. The lowest BCUT2D eigenvalue weighted by Gasteiger charge is -2.06. The first-order valence-electron chi connectivity index (χ1n) is 6.53. The Labute approximate surface area is 129 Å². The third-order valence-corrected chi connectivity index (χ3v) is 3.01. The average Bonchev–Trinajstić information content (AvgIpc) is 2.59. The van der Waals surface area contributed by atoms with E-state index in [0.29, 0.717) is 11.3 Å². The predicted octanol–water partition coefficient (Wildman–Crippen LogP) is 2.86. The molecule has 0 bridgehead atoms. The highest BCUT2D eigenvalue weighted by Crippen LogP contribution is 2.20. The zero-order chi connectivity index (χ0) is 15.9. The van der Waals surface area contributed by atoms with Crippen molar-refractivity contribution in [1.82, 2.24) is 0 Å². The summed E-state index contributed by atoms with van der Waals surface area (Å²) in [6.45, 7) is 0. The van der Waals surface area contributed by atoms with Gasteiger partial charge in [0.1, 0.15) is 11.3 Å². The highest BCUT2D eigenvalue weighted by molar-refractivity contribution is 5.92. The van der Waals surface area contributed by atoms with Gasteiger partial charge < -0.3 is 9.47 Å². The molecule has 0 aliphatic rings. The van der Waals surface area contributed by atoms with Gasteiger partial charge in [-0.15, -0.1) is 6.42 Å². The quantitative estimate of drug-likeness (QED) is 0.630. The molecular formula is C19H14O3. The van der Waals surface area contributed by atoms with Crippen LogP contribution in [0.4, 0.5) is 0 Å². The lowest BCUT2D eigenvalue weighted by atomic mass is 10.1. The lowest BCUT2D eigenvalue weighted by Crippen LogP contribution is -2.04. The van der Waals surface area contributed by atoms with Crippen LogP contribution in [0.1, 0.15) is 27.0 Å². The number of rotatable bonds is 2. The van der Waals surface area contributed by atoms with Crippen LogP contribution in [0.15, 0.2) is 42.5 Å². The van der Waals surface area contributed by atoms with Crippen molar-refractivity contribution in [2.45, 2.75) is 0 Å². The maximum absolute atomic E-state index is 11.6. The van der Waals surface area contributed by atoms with E-state index in [1.54, 1.807) is 18.2 Å². The van der Waals surface area contributed by atoms with Crippen LogP contribution in [0.3, 0.4) is 0 Å². The van der Waals surface area contributed by atoms with Crippen LogP contribution in [0, 0.1) is 24.2 Å². The molecule has 0 N–H and O–H groups in total. The standard InChI is InChI=1S/C19H14O3/c1-4-14-5-7-15(8-6-14)9-10-16-11-12-17(19(20)22-3)18(13-16)21-2/h1,5-8,11-13H,2-3H3. The van der Waals surface area contributed by atoms with Gasteiger partial charge in [-0.3, -0.25) is 0 Å². The molecule has 0 aromatic heterocycles. The number of carbonyl (C=O) groups is 1. The van der Waals surface area contributed by atoms with Gasteiger partial charge in [-0.2, -0.15) is 0 Å². The van der Waals surface area contributed by atoms with E-state index in [1.165, 1.54) is 14.2 Å². The van der Waals surface area contributed by atoms with Crippen LogP contribution >= 0.6 is 0 Å². The molecule has 2 aromatic rings. The number of hydrogen-bond acceptors (Lipinski definition) is 3. The van der Waals surface area contributed by atoms with Gasteiger partial charge in [0.25, 0.3) is 0 Å². The topological polar surface area (TPSA) is 35.5 Å². The first-order valence-corrected chi connectivity index (χ1v) is 6.53. The number of ether oxygens (including phenoxy) is 2. The van der Waals surface area contributed by atoms with E-state index in [1.807, 2.05) is 24.3 Å². The normalized spacial score (nSPS) is 9.14. The molecule has 0 saturated heterocycles. The highest BCUT2D eigenvalue weighted by Gasteiger charge is 2.12. The van der Waals surface area contributed by atoms with Crippen molar-refractivity contribution in [2.75, 3.05) is 14.2 Å². The molecule has 2 rings (SSSR count). The van der Waals surface area contributed by atoms with Crippen molar-refractivity contribution in [3.8, 4) is 29.9 Å². The molecule has 0 unspecified atom stereocenters. The Kier molecular flexibility index (Phi) is 4.85. The monoisotopic (exact) mass is 290 g/mol. The molecule has 0 radical (unpaired) electrons. The summed E-state index contributed by atoms with van der Waals surface area (Å²) in [4.78, 5) is 11.6. The van der Waals surface area contributed by atoms with Crippen LogP contribution < -0.4 is 4.74 Å². The smallest absolute Gasteiger partial charge is 0.341 e. The second-order valence-electron chi connectivity index (χ2n) is 4.38. The summed E-state index contributed by atoms with van der Waals surface area (Å²) in [6, 6.07) is 12.5. The number of carbonyl (C=O) groups excluding carboxylic acids is 1. The van der Waals surface area contributed by atoms with Gasteiger partial charge in [0, 0.05) is 16.7 Å². The Balaban J connectivity index is 2.29. The summed E-state index contributed by atoms with van der Waals surface area (Å²) in [7, 11) is 2.83. The fourth-order valence-corrected chi connectivity index (χ4v) is 1.84. The third kappa shape index (κ3) is 3.48. The number of benzene rings is 2. The Morgan fingerprint density at radius 1 is 0.955 bits per heavy atom. The first-order chi connectivity index (χ1) is 10.7. The van der Waals surface area contributed by atoms with Crippen molar-refractivity contribution in [1.29, 1.82) is 0 Å². The summed E-state index contributed by atoms with van der Waals surface area (Å²) in [5, 5.41) is 0. The van der Waals surface area contributed by atoms with Gasteiger partial charge in [0.2, 0.25) is 0 Å². The van der Waals surface area contributed by atoms with E-state index in [9.17, 15) is 4.79 Å². The van der Waals surface area contributed by atoms with Gasteiger partial charge >= 0.3 is 5.97 Å². The molecule has 22 heavy (non-hydrogen) atoms. The molecule has 0 heterocycles. The van der Waals surface area contributed by atoms with Crippen molar-refractivity contribution >= 4 is 5.97 Å². The van der Waals surface area contributed by atoms with Crippen LogP contribution in [-0.4, -0.2) is 20.2 Å². The second kappa shape index (κ2) is 7.02. The number of esters is 1. The van der Waals surface area contributed by atoms with Crippen LogP contribution in [-0.2, 0) is 4.74 Å². The van der Waals surface area contributed by atoms with Crippen LogP contribution in [0.25, 0.3) is 0 Å². The number of methoxy groups -OCH3 is 2. The zero-order valence-electron chi connectivity index (χ0n) is 12.3. The van der Waals surface area contributed by atoms with Gasteiger partial charge in [-0.05, 0) is 42.5 Å². The molecule has 0 amide bonds. The van der Waals surface area contributed by atoms with Crippen molar-refractivity contribution < 1.29 is 14.3 Å². The average molecular weight is 290 g/mol. The Bertz CT molecular complexity index is 784. The maximum Gasteiger partial charge on any atom is 0.341 e. The minimum absolute atomic E-state index is 0.369. The summed E-state index contributed by atoms with van der Waals surface area (Å²) >= 11 is 0. The van der Waals surface area contributed by atoms with Crippen molar-refractivity contribution in [2.24, 2.45) is 0 Å². The molecule has 0 aliphatic heterocycles.